The first-order valence-electron chi connectivity index (χ1n) is 9.06. The predicted molar refractivity (Wildman–Crippen MR) is 96.2 cm³/mol. The summed E-state index contributed by atoms with van der Waals surface area (Å²) in [5, 5.41) is 2.93. The number of ether oxygens (including phenoxy) is 1. The maximum atomic E-state index is 12.3. The number of carbonyl (C=O) groups is 1. The molecule has 3 N–H and O–H groups in total. The second-order valence-corrected chi connectivity index (χ2v) is 6.82. The Kier molecular flexibility index (Phi) is 4.55. The number of imidazole rings is 1. The average Bonchev–Trinajstić information content (AvgIpc) is 3.29. The van der Waals surface area contributed by atoms with Crippen LogP contribution in [0.5, 0.6) is 0 Å². The minimum absolute atomic E-state index is 0.00470. The third-order valence-corrected chi connectivity index (χ3v) is 5.02. The van der Waals surface area contributed by atoms with E-state index in [0.717, 1.165) is 42.8 Å². The number of hydrogen-bond acceptors (Lipinski definition) is 4. The first-order chi connectivity index (χ1) is 12.2. The van der Waals surface area contributed by atoms with Crippen LogP contribution in [-0.4, -0.2) is 34.2 Å². The van der Waals surface area contributed by atoms with E-state index in [2.05, 4.69) is 16.1 Å². The minimum Gasteiger partial charge on any atom is -0.364 e. The molecular formula is C19H24N4O2. The number of fused-ring (bicyclic) bond motifs is 1. The van der Waals surface area contributed by atoms with Crippen molar-refractivity contribution in [2.24, 2.45) is 5.73 Å². The Balaban J connectivity index is 1.42. The van der Waals surface area contributed by atoms with Gasteiger partial charge in [0.1, 0.15) is 11.9 Å². The molecule has 0 saturated carbocycles. The summed E-state index contributed by atoms with van der Waals surface area (Å²) in [5.74, 6) is 1.08. The van der Waals surface area contributed by atoms with E-state index in [1.54, 1.807) is 0 Å². The van der Waals surface area contributed by atoms with Crippen LogP contribution in [0.1, 0.15) is 31.5 Å². The first kappa shape index (κ1) is 16.3. The Labute approximate surface area is 147 Å². The molecule has 1 aromatic heterocycles. The van der Waals surface area contributed by atoms with Gasteiger partial charge in [-0.2, -0.15) is 0 Å². The van der Waals surface area contributed by atoms with Gasteiger partial charge in [0.15, 0.2) is 0 Å². The minimum atomic E-state index is -0.395. The summed E-state index contributed by atoms with van der Waals surface area (Å²) >= 11 is 0. The molecule has 4 rings (SSSR count). The van der Waals surface area contributed by atoms with E-state index in [-0.39, 0.29) is 12.0 Å². The number of aromatic nitrogens is 2. The third kappa shape index (κ3) is 3.45. The van der Waals surface area contributed by atoms with Crippen molar-refractivity contribution in [2.75, 3.05) is 11.9 Å². The van der Waals surface area contributed by atoms with Gasteiger partial charge >= 0.3 is 0 Å². The summed E-state index contributed by atoms with van der Waals surface area (Å²) in [6, 6.07) is 7.84. The Bertz CT molecular complexity index is 730. The zero-order valence-electron chi connectivity index (χ0n) is 14.3. The molecule has 0 bridgehead atoms. The van der Waals surface area contributed by atoms with Crippen LogP contribution >= 0.6 is 0 Å². The Hall–Kier alpha value is -2.18. The van der Waals surface area contributed by atoms with Crippen LogP contribution in [0.15, 0.2) is 30.5 Å². The smallest absolute Gasteiger partial charge is 0.253 e. The number of aryl methyl sites for hydroxylation is 2. The SMILES string of the molecule is NC[C@H]1CC[C@@H](C(=O)Nc2ccc(-c3cn4c(n3)CCCC4)cc2)O1. The van der Waals surface area contributed by atoms with Gasteiger partial charge in [-0.05, 0) is 37.8 Å². The molecule has 2 atom stereocenters. The number of nitrogens with one attached hydrogen (secondary N) is 1. The molecule has 25 heavy (non-hydrogen) atoms. The normalized spacial score (nSPS) is 22.6. The number of nitrogens with zero attached hydrogens (tertiary/aromatic N) is 2. The highest BCUT2D eigenvalue weighted by atomic mass is 16.5. The number of carbonyl (C=O) groups excluding carboxylic acids is 1. The fourth-order valence-electron chi connectivity index (χ4n) is 3.57. The highest BCUT2D eigenvalue weighted by Gasteiger charge is 2.29. The van der Waals surface area contributed by atoms with Crippen LogP contribution in [0.3, 0.4) is 0 Å². The molecule has 6 heteroatoms. The van der Waals surface area contributed by atoms with Gasteiger partial charge in [0.05, 0.1) is 11.8 Å². The molecule has 2 aliphatic rings. The van der Waals surface area contributed by atoms with Crippen molar-refractivity contribution in [1.82, 2.24) is 9.55 Å². The largest absolute Gasteiger partial charge is 0.364 e. The topological polar surface area (TPSA) is 82.2 Å². The summed E-state index contributed by atoms with van der Waals surface area (Å²) < 4.78 is 7.88. The fourth-order valence-corrected chi connectivity index (χ4v) is 3.57. The van der Waals surface area contributed by atoms with E-state index in [4.69, 9.17) is 15.5 Å². The summed E-state index contributed by atoms with van der Waals surface area (Å²) in [5.41, 5.74) is 8.44. The van der Waals surface area contributed by atoms with Crippen molar-refractivity contribution in [2.45, 2.75) is 50.9 Å². The van der Waals surface area contributed by atoms with Crippen molar-refractivity contribution >= 4 is 11.6 Å². The summed E-state index contributed by atoms with van der Waals surface area (Å²) in [4.78, 5) is 17.0. The number of rotatable bonds is 4. The number of anilines is 1. The Morgan fingerprint density at radius 1 is 1.28 bits per heavy atom. The molecule has 1 amide bonds. The molecule has 6 nitrogen and oxygen atoms in total. The lowest BCUT2D eigenvalue weighted by Crippen LogP contribution is -2.29. The second-order valence-electron chi connectivity index (χ2n) is 6.82. The lowest BCUT2D eigenvalue weighted by molar-refractivity contribution is -0.126. The van der Waals surface area contributed by atoms with Gasteiger partial charge in [-0.3, -0.25) is 4.79 Å². The van der Waals surface area contributed by atoms with Crippen LogP contribution < -0.4 is 11.1 Å². The Morgan fingerprint density at radius 2 is 2.12 bits per heavy atom. The molecule has 0 aliphatic carbocycles. The summed E-state index contributed by atoms with van der Waals surface area (Å²) in [6.07, 6.45) is 6.81. The van der Waals surface area contributed by atoms with Crippen molar-refractivity contribution in [3.63, 3.8) is 0 Å². The number of amides is 1. The third-order valence-electron chi connectivity index (χ3n) is 5.02. The maximum absolute atomic E-state index is 12.3. The van der Waals surface area contributed by atoms with Crippen molar-refractivity contribution in [3.8, 4) is 11.3 Å². The van der Waals surface area contributed by atoms with Crippen molar-refractivity contribution < 1.29 is 9.53 Å². The molecule has 2 aliphatic heterocycles. The first-order valence-corrected chi connectivity index (χ1v) is 9.06. The molecule has 0 unspecified atom stereocenters. The van der Waals surface area contributed by atoms with Gasteiger partial charge in [0.25, 0.3) is 5.91 Å². The van der Waals surface area contributed by atoms with E-state index in [1.807, 2.05) is 24.3 Å². The predicted octanol–water partition coefficient (Wildman–Crippen LogP) is 2.33. The van der Waals surface area contributed by atoms with Crippen molar-refractivity contribution in [1.29, 1.82) is 0 Å². The Morgan fingerprint density at radius 3 is 2.84 bits per heavy atom. The van der Waals surface area contributed by atoms with Gasteiger partial charge in [-0.25, -0.2) is 4.98 Å². The van der Waals surface area contributed by atoms with Gasteiger partial charge < -0.3 is 20.4 Å². The van der Waals surface area contributed by atoms with Crippen LogP contribution in [0.4, 0.5) is 5.69 Å². The zero-order chi connectivity index (χ0) is 17.2. The number of nitrogens with two attached hydrogens (primary N) is 1. The summed E-state index contributed by atoms with van der Waals surface area (Å²) in [6.45, 7) is 1.52. The lowest BCUT2D eigenvalue weighted by atomic mass is 10.1. The van der Waals surface area contributed by atoms with Crippen LogP contribution in [0.2, 0.25) is 0 Å². The van der Waals surface area contributed by atoms with Gasteiger partial charge in [-0.15, -0.1) is 0 Å². The van der Waals surface area contributed by atoms with Gasteiger partial charge in [0, 0.05) is 37.0 Å². The molecule has 3 heterocycles. The molecule has 132 valence electrons. The fraction of sp³-hybridized carbons (Fsp3) is 0.474. The summed E-state index contributed by atoms with van der Waals surface area (Å²) in [7, 11) is 0. The van der Waals surface area contributed by atoms with E-state index < -0.39 is 6.10 Å². The average molecular weight is 340 g/mol. The number of benzene rings is 1. The zero-order valence-corrected chi connectivity index (χ0v) is 14.3. The standard InChI is InChI=1S/C19H24N4O2/c20-11-15-8-9-17(25-15)19(24)21-14-6-4-13(5-7-14)16-12-23-10-2-1-3-18(23)22-16/h4-7,12,15,17H,1-3,8-11,20H2,(H,21,24)/t15-,17+/m1/s1. The molecule has 2 aromatic rings. The molecule has 1 saturated heterocycles. The van der Waals surface area contributed by atoms with Crippen LogP contribution in [0, 0.1) is 0 Å². The maximum Gasteiger partial charge on any atom is 0.253 e. The molecule has 0 radical (unpaired) electrons. The van der Waals surface area contributed by atoms with Gasteiger partial charge in [0.2, 0.25) is 0 Å². The highest BCUT2D eigenvalue weighted by molar-refractivity contribution is 5.94. The van der Waals surface area contributed by atoms with Crippen LogP contribution in [-0.2, 0) is 22.5 Å². The van der Waals surface area contributed by atoms with Gasteiger partial charge in [-0.1, -0.05) is 12.1 Å². The molecular weight excluding hydrogens is 316 g/mol. The molecule has 0 spiro atoms. The quantitative estimate of drug-likeness (QED) is 0.895. The molecule has 1 aromatic carbocycles. The lowest BCUT2D eigenvalue weighted by Gasteiger charge is -2.12. The highest BCUT2D eigenvalue weighted by Crippen LogP contribution is 2.25. The van der Waals surface area contributed by atoms with Crippen LogP contribution in [0.25, 0.3) is 11.3 Å². The second kappa shape index (κ2) is 6.98. The van der Waals surface area contributed by atoms with E-state index in [0.29, 0.717) is 6.54 Å². The monoisotopic (exact) mass is 340 g/mol. The van der Waals surface area contributed by atoms with E-state index in [9.17, 15) is 4.79 Å². The number of hydrogen-bond donors (Lipinski definition) is 2. The van der Waals surface area contributed by atoms with Crippen molar-refractivity contribution in [3.05, 3.63) is 36.3 Å². The van der Waals surface area contributed by atoms with E-state index >= 15 is 0 Å². The molecule has 1 fully saturated rings. The van der Waals surface area contributed by atoms with E-state index in [1.165, 1.54) is 18.7 Å².